The molecule has 5 heterocycles. The third kappa shape index (κ3) is 4.92. The number of nitrogens with zero attached hydrogens (tertiary/aromatic N) is 7. The van der Waals surface area contributed by atoms with Crippen molar-refractivity contribution in [2.24, 2.45) is 0 Å². The Morgan fingerprint density at radius 1 is 1.26 bits per heavy atom. The van der Waals surface area contributed by atoms with Gasteiger partial charge in [-0.2, -0.15) is 15.5 Å². The van der Waals surface area contributed by atoms with E-state index in [9.17, 15) is 10.1 Å². The number of pyridine rings is 2. The van der Waals surface area contributed by atoms with Crippen LogP contribution in [0, 0.1) is 18.3 Å². The maximum Gasteiger partial charge on any atom is 0.410 e. The molecular formula is C28H32N8O2. The highest BCUT2D eigenvalue weighted by molar-refractivity contribution is 5.83. The molecule has 0 saturated carbocycles. The quantitative estimate of drug-likeness (QED) is 0.394. The lowest BCUT2D eigenvalue weighted by Crippen LogP contribution is -2.35. The van der Waals surface area contributed by atoms with Gasteiger partial charge in [-0.25, -0.2) is 9.31 Å². The molecule has 1 aliphatic rings. The second-order valence-corrected chi connectivity index (χ2v) is 10.7. The molecule has 1 saturated heterocycles. The Bertz CT molecular complexity index is 1510. The second kappa shape index (κ2) is 9.82. The number of carbonyl (C=O) groups excluding carboxylic acids is 1. The van der Waals surface area contributed by atoms with Crippen LogP contribution >= 0.6 is 0 Å². The molecule has 5 rings (SSSR count). The summed E-state index contributed by atoms with van der Waals surface area (Å²) in [5, 5.41) is 22.4. The van der Waals surface area contributed by atoms with Crippen LogP contribution in [0.25, 0.3) is 16.6 Å². The lowest BCUT2D eigenvalue weighted by Gasteiger charge is -2.24. The highest BCUT2D eigenvalue weighted by Crippen LogP contribution is 2.34. The van der Waals surface area contributed by atoms with E-state index in [1.54, 1.807) is 21.8 Å². The number of hydrogen-bond acceptors (Lipinski definition) is 7. The van der Waals surface area contributed by atoms with Gasteiger partial charge >= 0.3 is 6.09 Å². The van der Waals surface area contributed by atoms with Crippen LogP contribution in [0.15, 0.2) is 49.1 Å². The van der Waals surface area contributed by atoms with Crippen LogP contribution in [-0.4, -0.2) is 54.1 Å². The van der Waals surface area contributed by atoms with Gasteiger partial charge in [0.05, 0.1) is 41.4 Å². The highest BCUT2D eigenvalue weighted by Gasteiger charge is 2.32. The van der Waals surface area contributed by atoms with Crippen LogP contribution in [0.2, 0.25) is 0 Å². The fourth-order valence-corrected chi connectivity index (χ4v) is 4.91. The SMILES string of the molecule is Cc1c(-c2cc(N[C@H](C)c3ccccn3)c3c(C#N)cnn3c2)cnn1[C@@H]1CCN(C(=O)OC(C)(C)C)C1. The van der Waals surface area contributed by atoms with Crippen molar-refractivity contribution in [3.8, 4) is 17.2 Å². The standard InChI is InChI=1S/C28H32N8O2/c1-18(24-8-6-7-10-30-24)33-25-12-20(16-35-26(25)21(13-29)14-31-35)23-15-32-36(19(23)2)22-9-11-34(17-22)27(37)38-28(3,4)5/h6-8,10,12,14-16,18,22,33H,9,11,17H2,1-5H3/t18-,22-/m1/s1. The van der Waals surface area contributed by atoms with Gasteiger partial charge in [0, 0.05) is 42.3 Å². The zero-order valence-electron chi connectivity index (χ0n) is 22.3. The summed E-state index contributed by atoms with van der Waals surface area (Å²) < 4.78 is 9.28. The number of carbonyl (C=O) groups is 1. The van der Waals surface area contributed by atoms with Crippen molar-refractivity contribution < 1.29 is 9.53 Å². The summed E-state index contributed by atoms with van der Waals surface area (Å²) in [5.41, 5.74) is 5.25. The van der Waals surface area contributed by atoms with Gasteiger partial charge < -0.3 is 15.0 Å². The van der Waals surface area contributed by atoms with E-state index in [2.05, 4.69) is 21.5 Å². The number of fused-ring (bicyclic) bond motifs is 1. The Kier molecular flexibility index (Phi) is 6.53. The summed E-state index contributed by atoms with van der Waals surface area (Å²) >= 11 is 0. The summed E-state index contributed by atoms with van der Waals surface area (Å²) in [4.78, 5) is 18.8. The zero-order valence-corrected chi connectivity index (χ0v) is 22.3. The zero-order chi connectivity index (χ0) is 27.0. The molecular weight excluding hydrogens is 480 g/mol. The number of nitriles is 1. The van der Waals surface area contributed by atoms with Crippen molar-refractivity contribution in [3.05, 3.63) is 66.0 Å². The van der Waals surface area contributed by atoms with E-state index in [0.29, 0.717) is 24.2 Å². The number of nitrogens with one attached hydrogen (secondary N) is 1. The van der Waals surface area contributed by atoms with Gasteiger partial charge in [0.1, 0.15) is 17.2 Å². The average Bonchev–Trinajstić information content (AvgIpc) is 3.61. The Labute approximate surface area is 221 Å². The summed E-state index contributed by atoms with van der Waals surface area (Å²) in [6, 6.07) is 10.1. The Morgan fingerprint density at radius 3 is 2.79 bits per heavy atom. The molecule has 0 aromatic carbocycles. The van der Waals surface area contributed by atoms with E-state index in [1.807, 2.05) is 76.0 Å². The fourth-order valence-electron chi connectivity index (χ4n) is 4.91. The lowest BCUT2D eigenvalue weighted by atomic mass is 10.1. The topological polar surface area (TPSA) is 113 Å². The lowest BCUT2D eigenvalue weighted by molar-refractivity contribution is 0.0288. The minimum Gasteiger partial charge on any atom is -0.444 e. The van der Waals surface area contributed by atoms with Crippen LogP contribution in [0.5, 0.6) is 0 Å². The molecule has 1 amide bonds. The van der Waals surface area contributed by atoms with E-state index < -0.39 is 5.60 Å². The maximum absolute atomic E-state index is 12.6. The normalized spacial score (nSPS) is 16.4. The average molecular weight is 513 g/mol. The van der Waals surface area contributed by atoms with Gasteiger partial charge in [-0.15, -0.1) is 0 Å². The van der Waals surface area contributed by atoms with E-state index >= 15 is 0 Å². The van der Waals surface area contributed by atoms with Crippen LogP contribution < -0.4 is 5.32 Å². The van der Waals surface area contributed by atoms with Crippen LogP contribution in [-0.2, 0) is 4.74 Å². The Hall–Kier alpha value is -4.39. The van der Waals surface area contributed by atoms with Gasteiger partial charge in [0.25, 0.3) is 0 Å². The third-order valence-corrected chi connectivity index (χ3v) is 6.75. The summed E-state index contributed by atoms with van der Waals surface area (Å²) in [6.45, 7) is 10.9. The molecule has 0 spiro atoms. The molecule has 0 bridgehead atoms. The summed E-state index contributed by atoms with van der Waals surface area (Å²) in [5.74, 6) is 0. The molecule has 1 aliphatic heterocycles. The first-order valence-corrected chi connectivity index (χ1v) is 12.8. The van der Waals surface area contributed by atoms with Gasteiger partial charge in [0.2, 0.25) is 0 Å². The van der Waals surface area contributed by atoms with Gasteiger partial charge in [-0.3, -0.25) is 9.67 Å². The van der Waals surface area contributed by atoms with Crippen molar-refractivity contribution in [3.63, 3.8) is 0 Å². The van der Waals surface area contributed by atoms with E-state index in [-0.39, 0.29) is 18.2 Å². The second-order valence-electron chi connectivity index (χ2n) is 10.7. The van der Waals surface area contributed by atoms with E-state index in [4.69, 9.17) is 9.84 Å². The largest absolute Gasteiger partial charge is 0.444 e. The van der Waals surface area contributed by atoms with Crippen molar-refractivity contribution in [2.75, 3.05) is 18.4 Å². The minimum atomic E-state index is -0.527. The predicted octanol–water partition coefficient (Wildman–Crippen LogP) is 5.13. The first-order chi connectivity index (χ1) is 18.1. The third-order valence-electron chi connectivity index (χ3n) is 6.75. The van der Waals surface area contributed by atoms with E-state index in [1.165, 1.54) is 0 Å². The van der Waals surface area contributed by atoms with Crippen LogP contribution in [0.1, 0.15) is 63.2 Å². The first-order valence-electron chi connectivity index (χ1n) is 12.8. The predicted molar refractivity (Wildman–Crippen MR) is 144 cm³/mol. The van der Waals surface area contributed by atoms with Crippen molar-refractivity contribution in [1.29, 1.82) is 5.26 Å². The van der Waals surface area contributed by atoms with Crippen molar-refractivity contribution >= 4 is 17.3 Å². The minimum absolute atomic E-state index is 0.0664. The summed E-state index contributed by atoms with van der Waals surface area (Å²) in [7, 11) is 0. The molecule has 0 unspecified atom stereocenters. The number of ether oxygens (including phenoxy) is 1. The van der Waals surface area contributed by atoms with E-state index in [0.717, 1.165) is 34.6 Å². The number of hydrogen-bond donors (Lipinski definition) is 1. The monoisotopic (exact) mass is 512 g/mol. The molecule has 38 heavy (non-hydrogen) atoms. The van der Waals surface area contributed by atoms with Gasteiger partial charge in [-0.1, -0.05) is 6.07 Å². The smallest absolute Gasteiger partial charge is 0.410 e. The molecule has 1 fully saturated rings. The highest BCUT2D eigenvalue weighted by atomic mass is 16.6. The van der Waals surface area contributed by atoms with Crippen molar-refractivity contribution in [1.82, 2.24) is 29.3 Å². The fraction of sp³-hybridized carbons (Fsp3) is 0.393. The molecule has 0 radical (unpaired) electrons. The first kappa shape index (κ1) is 25.3. The molecule has 10 heteroatoms. The number of amides is 1. The molecule has 196 valence electrons. The number of anilines is 1. The molecule has 4 aromatic heterocycles. The Balaban J connectivity index is 1.45. The number of rotatable bonds is 5. The van der Waals surface area contributed by atoms with Crippen LogP contribution in [0.4, 0.5) is 10.5 Å². The van der Waals surface area contributed by atoms with Gasteiger partial charge in [-0.05, 0) is 59.2 Å². The number of likely N-dealkylation sites (tertiary alicyclic amines) is 1. The maximum atomic E-state index is 12.6. The summed E-state index contributed by atoms with van der Waals surface area (Å²) in [6.07, 6.45) is 7.63. The molecule has 0 aliphatic carbocycles. The number of aromatic nitrogens is 5. The molecule has 1 N–H and O–H groups in total. The molecule has 2 atom stereocenters. The van der Waals surface area contributed by atoms with Crippen molar-refractivity contribution in [2.45, 2.75) is 58.7 Å². The van der Waals surface area contributed by atoms with Gasteiger partial charge in [0.15, 0.2) is 0 Å². The Morgan fingerprint density at radius 2 is 2.08 bits per heavy atom. The molecule has 4 aromatic rings. The van der Waals surface area contributed by atoms with Crippen LogP contribution in [0.3, 0.4) is 0 Å². The molecule has 10 nitrogen and oxygen atoms in total.